The summed E-state index contributed by atoms with van der Waals surface area (Å²) in [5.74, 6) is 0.698. The molecule has 0 N–H and O–H groups in total. The Balaban J connectivity index is 2.01. The highest BCUT2D eigenvalue weighted by Crippen LogP contribution is 2.19. The number of aromatic nitrogens is 1. The van der Waals surface area contributed by atoms with Crippen molar-refractivity contribution in [3.63, 3.8) is 0 Å². The van der Waals surface area contributed by atoms with Crippen LogP contribution < -0.4 is 0 Å². The fraction of sp³-hybridized carbons (Fsp3) is 0.286. The maximum atomic E-state index is 12.0. The van der Waals surface area contributed by atoms with Gasteiger partial charge in [-0.05, 0) is 32.1 Å². The highest BCUT2D eigenvalue weighted by molar-refractivity contribution is 7.09. The van der Waals surface area contributed by atoms with Gasteiger partial charge < -0.3 is 9.32 Å². The van der Waals surface area contributed by atoms with Gasteiger partial charge in [-0.1, -0.05) is 0 Å². The monoisotopic (exact) mass is 276 g/mol. The van der Waals surface area contributed by atoms with Crippen molar-refractivity contribution in [3.8, 4) is 0 Å². The number of hydrogen-bond acceptors (Lipinski definition) is 4. The first kappa shape index (κ1) is 13.5. The van der Waals surface area contributed by atoms with E-state index in [0.29, 0.717) is 0 Å². The van der Waals surface area contributed by atoms with Crippen LogP contribution in [0.4, 0.5) is 0 Å². The molecule has 0 saturated carbocycles. The molecule has 100 valence electrons. The number of amides is 1. The van der Waals surface area contributed by atoms with Crippen molar-refractivity contribution in [1.29, 1.82) is 0 Å². The number of carbonyl (C=O) groups excluding carboxylic acids is 1. The minimum Gasteiger partial charge on any atom is -0.467 e. The van der Waals surface area contributed by atoms with E-state index in [-0.39, 0.29) is 11.9 Å². The molecule has 0 aliphatic carbocycles. The van der Waals surface area contributed by atoms with Gasteiger partial charge in [0, 0.05) is 18.5 Å². The molecule has 1 amide bonds. The number of furan rings is 1. The molecular weight excluding hydrogens is 260 g/mol. The van der Waals surface area contributed by atoms with Crippen LogP contribution in [0.3, 0.4) is 0 Å². The predicted molar refractivity (Wildman–Crippen MR) is 75.8 cm³/mol. The van der Waals surface area contributed by atoms with E-state index in [4.69, 9.17) is 4.42 Å². The van der Waals surface area contributed by atoms with Crippen LogP contribution in [0.5, 0.6) is 0 Å². The Kier molecular flexibility index (Phi) is 4.16. The molecule has 2 rings (SSSR count). The van der Waals surface area contributed by atoms with Gasteiger partial charge in [0.05, 0.1) is 23.0 Å². The first-order valence-corrected chi connectivity index (χ1v) is 6.86. The van der Waals surface area contributed by atoms with E-state index in [1.165, 1.54) is 6.08 Å². The summed E-state index contributed by atoms with van der Waals surface area (Å²) in [6.07, 6.45) is 4.88. The molecule has 0 aromatic carbocycles. The molecule has 2 heterocycles. The van der Waals surface area contributed by atoms with Gasteiger partial charge in [0.25, 0.3) is 0 Å². The number of carbonyl (C=O) groups is 1. The van der Waals surface area contributed by atoms with Gasteiger partial charge in [0.2, 0.25) is 5.91 Å². The maximum absolute atomic E-state index is 12.0. The summed E-state index contributed by atoms with van der Waals surface area (Å²) in [4.78, 5) is 17.9. The molecule has 0 saturated heterocycles. The van der Waals surface area contributed by atoms with E-state index < -0.39 is 0 Å². The lowest BCUT2D eigenvalue weighted by molar-refractivity contribution is -0.126. The van der Waals surface area contributed by atoms with Crippen LogP contribution in [0.25, 0.3) is 6.08 Å². The van der Waals surface area contributed by atoms with Crippen molar-refractivity contribution in [3.05, 3.63) is 46.3 Å². The lowest BCUT2D eigenvalue weighted by Crippen LogP contribution is -2.27. The van der Waals surface area contributed by atoms with E-state index in [1.807, 2.05) is 31.4 Å². The van der Waals surface area contributed by atoms with Crippen molar-refractivity contribution in [2.24, 2.45) is 0 Å². The van der Waals surface area contributed by atoms with Gasteiger partial charge in [-0.2, -0.15) is 0 Å². The number of likely N-dealkylation sites (N-methyl/N-ethyl adjacent to an activating group) is 1. The van der Waals surface area contributed by atoms with Crippen LogP contribution >= 0.6 is 11.3 Å². The molecule has 0 spiro atoms. The van der Waals surface area contributed by atoms with E-state index in [1.54, 1.807) is 35.6 Å². The molecule has 0 aliphatic rings. The average Bonchev–Trinajstić information content (AvgIpc) is 3.05. The van der Waals surface area contributed by atoms with Crippen LogP contribution in [0.15, 0.2) is 34.3 Å². The zero-order valence-corrected chi connectivity index (χ0v) is 12.0. The Hall–Kier alpha value is -1.88. The summed E-state index contributed by atoms with van der Waals surface area (Å²) >= 11 is 1.57. The van der Waals surface area contributed by atoms with Crippen LogP contribution in [-0.2, 0) is 4.79 Å². The fourth-order valence-corrected chi connectivity index (χ4v) is 2.22. The summed E-state index contributed by atoms with van der Waals surface area (Å²) in [6.45, 7) is 3.87. The number of rotatable bonds is 4. The van der Waals surface area contributed by atoms with E-state index in [2.05, 4.69) is 4.98 Å². The second-order valence-corrected chi connectivity index (χ2v) is 5.33. The molecule has 19 heavy (non-hydrogen) atoms. The third kappa shape index (κ3) is 3.32. The van der Waals surface area contributed by atoms with E-state index >= 15 is 0 Å². The molecule has 2 aromatic heterocycles. The second-order valence-electron chi connectivity index (χ2n) is 4.27. The Labute approximate surface area is 116 Å². The van der Waals surface area contributed by atoms with Crippen molar-refractivity contribution in [1.82, 2.24) is 9.88 Å². The highest BCUT2D eigenvalue weighted by Gasteiger charge is 2.17. The molecule has 2 aromatic rings. The van der Waals surface area contributed by atoms with Gasteiger partial charge in [-0.3, -0.25) is 4.79 Å². The number of hydrogen-bond donors (Lipinski definition) is 0. The first-order valence-electron chi connectivity index (χ1n) is 5.98. The van der Waals surface area contributed by atoms with Crippen molar-refractivity contribution in [2.45, 2.75) is 19.9 Å². The molecule has 0 fully saturated rings. The van der Waals surface area contributed by atoms with Crippen LogP contribution in [0.2, 0.25) is 0 Å². The van der Waals surface area contributed by atoms with E-state index in [9.17, 15) is 4.79 Å². The first-order chi connectivity index (χ1) is 9.08. The van der Waals surface area contributed by atoms with Crippen LogP contribution in [0, 0.1) is 6.92 Å². The fourth-order valence-electron chi connectivity index (χ4n) is 1.64. The molecule has 4 nitrogen and oxygen atoms in total. The van der Waals surface area contributed by atoms with Gasteiger partial charge in [-0.25, -0.2) is 4.98 Å². The van der Waals surface area contributed by atoms with Crippen LogP contribution in [-0.4, -0.2) is 22.8 Å². The molecule has 1 unspecified atom stereocenters. The standard InChI is InChI=1S/C14H16N2O2S/c1-10(13-5-4-8-18-13)16(3)14(17)7-6-12-9-19-11(2)15-12/h4-10H,1-3H3/b7-6+. The highest BCUT2D eigenvalue weighted by atomic mass is 32.1. The largest absolute Gasteiger partial charge is 0.467 e. The maximum Gasteiger partial charge on any atom is 0.246 e. The minimum absolute atomic E-state index is 0.0745. The quantitative estimate of drug-likeness (QED) is 0.805. The number of thiazole rings is 1. The van der Waals surface area contributed by atoms with Gasteiger partial charge in [0.15, 0.2) is 0 Å². The zero-order valence-electron chi connectivity index (χ0n) is 11.2. The molecule has 0 radical (unpaired) electrons. The Morgan fingerprint density at radius 3 is 2.95 bits per heavy atom. The van der Waals surface area contributed by atoms with Crippen molar-refractivity contribution in [2.75, 3.05) is 7.05 Å². The molecule has 0 bridgehead atoms. The molecular formula is C14H16N2O2S. The van der Waals surface area contributed by atoms with Crippen LogP contribution in [0.1, 0.15) is 29.4 Å². The minimum atomic E-state index is -0.0932. The number of nitrogens with zero attached hydrogens (tertiary/aromatic N) is 2. The molecule has 5 heteroatoms. The van der Waals surface area contributed by atoms with Gasteiger partial charge in [-0.15, -0.1) is 11.3 Å². The summed E-state index contributed by atoms with van der Waals surface area (Å²) in [5.41, 5.74) is 0.815. The topological polar surface area (TPSA) is 46.3 Å². The van der Waals surface area contributed by atoms with Gasteiger partial charge in [0.1, 0.15) is 5.76 Å². The van der Waals surface area contributed by atoms with Crippen molar-refractivity contribution >= 4 is 23.3 Å². The smallest absolute Gasteiger partial charge is 0.246 e. The normalized spacial score (nSPS) is 12.8. The van der Waals surface area contributed by atoms with Crippen molar-refractivity contribution < 1.29 is 9.21 Å². The zero-order chi connectivity index (χ0) is 13.8. The summed E-state index contributed by atoms with van der Waals surface area (Å²) in [7, 11) is 1.76. The summed E-state index contributed by atoms with van der Waals surface area (Å²) in [5, 5.41) is 2.92. The SMILES string of the molecule is Cc1nc(/C=C/C(=O)N(C)C(C)c2ccco2)cs1. The summed E-state index contributed by atoms with van der Waals surface area (Å²) in [6, 6.07) is 3.59. The van der Waals surface area contributed by atoms with Gasteiger partial charge >= 0.3 is 0 Å². The molecule has 0 aliphatic heterocycles. The predicted octanol–water partition coefficient (Wildman–Crippen LogP) is 3.28. The third-order valence-corrected chi connectivity index (χ3v) is 3.71. The molecule has 1 atom stereocenters. The Morgan fingerprint density at radius 1 is 1.58 bits per heavy atom. The Bertz CT molecular complexity index is 572. The van der Waals surface area contributed by atoms with E-state index in [0.717, 1.165) is 16.5 Å². The third-order valence-electron chi connectivity index (χ3n) is 2.92. The average molecular weight is 276 g/mol. The second kappa shape index (κ2) is 5.84. The lowest BCUT2D eigenvalue weighted by Gasteiger charge is -2.21. The summed E-state index contributed by atoms with van der Waals surface area (Å²) < 4.78 is 5.30. The number of aryl methyl sites for hydroxylation is 1. The Morgan fingerprint density at radius 2 is 2.37 bits per heavy atom. The lowest BCUT2D eigenvalue weighted by atomic mass is 10.2.